The number of aliphatic carboxylic acids is 1. The molecule has 0 fully saturated rings. The highest BCUT2D eigenvalue weighted by Gasteiger charge is 2.21. The van der Waals surface area contributed by atoms with Crippen LogP contribution in [0.2, 0.25) is 0 Å². The van der Waals surface area contributed by atoms with Crippen LogP contribution in [-0.4, -0.2) is 22.6 Å². The summed E-state index contributed by atoms with van der Waals surface area (Å²) < 4.78 is 0. The Morgan fingerprint density at radius 2 is 1.95 bits per heavy atom. The zero-order valence-electron chi connectivity index (χ0n) is 13.1. The average molecular weight is 292 g/mol. The van der Waals surface area contributed by atoms with Crippen molar-refractivity contribution in [2.75, 3.05) is 5.32 Å². The third-order valence-electron chi connectivity index (χ3n) is 3.40. The minimum Gasteiger partial charge on any atom is -0.481 e. The van der Waals surface area contributed by atoms with Crippen LogP contribution in [0.15, 0.2) is 18.2 Å². The van der Waals surface area contributed by atoms with Gasteiger partial charge in [0.2, 0.25) is 0 Å². The lowest BCUT2D eigenvalue weighted by atomic mass is 9.99. The van der Waals surface area contributed by atoms with Crippen LogP contribution in [0.25, 0.3) is 0 Å². The zero-order chi connectivity index (χ0) is 16.0. The largest absolute Gasteiger partial charge is 0.481 e. The molecule has 0 radical (unpaired) electrons. The molecule has 0 aliphatic heterocycles. The molecule has 5 nitrogen and oxygen atoms in total. The monoisotopic (exact) mass is 292 g/mol. The highest BCUT2D eigenvalue weighted by molar-refractivity contribution is 5.89. The van der Waals surface area contributed by atoms with E-state index in [-0.39, 0.29) is 12.5 Å². The Bertz CT molecular complexity index is 524. The van der Waals surface area contributed by atoms with Crippen LogP contribution in [0.4, 0.5) is 10.5 Å². The van der Waals surface area contributed by atoms with Gasteiger partial charge in [-0.2, -0.15) is 0 Å². The highest BCUT2D eigenvalue weighted by Crippen LogP contribution is 2.17. The average Bonchev–Trinajstić information content (AvgIpc) is 2.38. The van der Waals surface area contributed by atoms with Crippen molar-refractivity contribution in [1.82, 2.24) is 5.32 Å². The lowest BCUT2D eigenvalue weighted by Gasteiger charge is -2.25. The van der Waals surface area contributed by atoms with E-state index in [1.54, 1.807) is 0 Å². The van der Waals surface area contributed by atoms with E-state index in [1.165, 1.54) is 11.1 Å². The summed E-state index contributed by atoms with van der Waals surface area (Å²) in [5, 5.41) is 14.3. The summed E-state index contributed by atoms with van der Waals surface area (Å²) in [5.41, 5.74) is 2.56. The molecular weight excluding hydrogens is 268 g/mol. The molecule has 1 aromatic rings. The quantitative estimate of drug-likeness (QED) is 0.752. The number of hydrogen-bond donors (Lipinski definition) is 3. The first-order valence-electron chi connectivity index (χ1n) is 7.14. The zero-order valence-corrected chi connectivity index (χ0v) is 13.1. The molecule has 0 heterocycles. The van der Waals surface area contributed by atoms with E-state index in [1.807, 2.05) is 39.0 Å². The van der Waals surface area contributed by atoms with E-state index in [0.29, 0.717) is 6.42 Å². The third-order valence-corrected chi connectivity index (χ3v) is 3.40. The molecule has 1 rings (SSSR count). The Hall–Kier alpha value is -2.04. The van der Waals surface area contributed by atoms with Gasteiger partial charge in [-0.25, -0.2) is 4.79 Å². The SMILES string of the molecule is CCc1cc(NC(=O)NC(C)(C)CCC(=O)O)ccc1C. The third kappa shape index (κ3) is 5.85. The normalized spacial score (nSPS) is 11.0. The highest BCUT2D eigenvalue weighted by atomic mass is 16.4. The van der Waals surface area contributed by atoms with Crippen LogP contribution in [0, 0.1) is 6.92 Å². The first kappa shape index (κ1) is 17.0. The first-order valence-corrected chi connectivity index (χ1v) is 7.14. The Balaban J connectivity index is 2.62. The molecule has 0 aliphatic carbocycles. The van der Waals surface area contributed by atoms with Gasteiger partial charge >= 0.3 is 12.0 Å². The summed E-state index contributed by atoms with van der Waals surface area (Å²) >= 11 is 0. The molecule has 116 valence electrons. The molecular formula is C16H24N2O3. The number of carbonyl (C=O) groups is 2. The number of rotatable bonds is 6. The second-order valence-corrected chi connectivity index (χ2v) is 5.85. The van der Waals surface area contributed by atoms with Gasteiger partial charge in [0.05, 0.1) is 0 Å². The van der Waals surface area contributed by atoms with Gasteiger partial charge in [-0.05, 0) is 56.9 Å². The Morgan fingerprint density at radius 3 is 2.52 bits per heavy atom. The van der Waals surface area contributed by atoms with Crippen molar-refractivity contribution in [2.45, 2.75) is 52.5 Å². The van der Waals surface area contributed by atoms with Crippen molar-refractivity contribution in [3.63, 3.8) is 0 Å². The van der Waals surface area contributed by atoms with Crippen molar-refractivity contribution >= 4 is 17.7 Å². The van der Waals surface area contributed by atoms with Crippen molar-refractivity contribution < 1.29 is 14.7 Å². The predicted molar refractivity (Wildman–Crippen MR) is 83.7 cm³/mol. The van der Waals surface area contributed by atoms with Gasteiger partial charge in [-0.15, -0.1) is 0 Å². The molecule has 1 aromatic carbocycles. The molecule has 0 saturated heterocycles. The lowest BCUT2D eigenvalue weighted by Crippen LogP contribution is -2.45. The number of benzene rings is 1. The minimum absolute atomic E-state index is 0.0256. The van der Waals surface area contributed by atoms with Crippen LogP contribution in [0.5, 0.6) is 0 Å². The molecule has 21 heavy (non-hydrogen) atoms. The Morgan fingerprint density at radius 1 is 1.29 bits per heavy atom. The van der Waals surface area contributed by atoms with E-state index in [2.05, 4.69) is 17.6 Å². The van der Waals surface area contributed by atoms with E-state index in [4.69, 9.17) is 5.11 Å². The van der Waals surface area contributed by atoms with E-state index in [9.17, 15) is 9.59 Å². The van der Waals surface area contributed by atoms with Crippen LogP contribution in [0.3, 0.4) is 0 Å². The van der Waals surface area contributed by atoms with E-state index in [0.717, 1.165) is 12.1 Å². The molecule has 5 heteroatoms. The van der Waals surface area contributed by atoms with Crippen LogP contribution < -0.4 is 10.6 Å². The summed E-state index contributed by atoms with van der Waals surface area (Å²) in [6, 6.07) is 5.47. The number of carbonyl (C=O) groups excluding carboxylic acids is 1. The molecule has 0 aliphatic rings. The maximum absolute atomic E-state index is 12.0. The molecule has 0 unspecified atom stereocenters. The smallest absolute Gasteiger partial charge is 0.319 e. The number of hydrogen-bond acceptors (Lipinski definition) is 2. The van der Waals surface area contributed by atoms with Crippen molar-refractivity contribution in [3.05, 3.63) is 29.3 Å². The van der Waals surface area contributed by atoms with Gasteiger partial charge in [-0.1, -0.05) is 13.0 Å². The van der Waals surface area contributed by atoms with Gasteiger partial charge in [0, 0.05) is 17.6 Å². The molecule has 2 amide bonds. The number of anilines is 1. The summed E-state index contributed by atoms with van der Waals surface area (Å²) in [4.78, 5) is 22.6. The van der Waals surface area contributed by atoms with Gasteiger partial charge in [0.1, 0.15) is 0 Å². The van der Waals surface area contributed by atoms with E-state index >= 15 is 0 Å². The predicted octanol–water partition coefficient (Wildman–Crippen LogP) is 3.32. The molecule has 3 N–H and O–H groups in total. The van der Waals surface area contributed by atoms with E-state index < -0.39 is 11.5 Å². The summed E-state index contributed by atoms with van der Waals surface area (Å²) in [7, 11) is 0. The van der Waals surface area contributed by atoms with Crippen LogP contribution in [-0.2, 0) is 11.2 Å². The molecule has 0 aromatic heterocycles. The molecule has 0 bridgehead atoms. The van der Waals surface area contributed by atoms with Crippen molar-refractivity contribution in [2.24, 2.45) is 0 Å². The van der Waals surface area contributed by atoms with Gasteiger partial charge in [-0.3, -0.25) is 4.79 Å². The number of urea groups is 1. The molecule has 0 saturated carbocycles. The number of aryl methyl sites for hydroxylation is 2. The fourth-order valence-electron chi connectivity index (χ4n) is 2.08. The molecule has 0 spiro atoms. The Kier molecular flexibility index (Phi) is 5.76. The van der Waals surface area contributed by atoms with Crippen LogP contribution >= 0.6 is 0 Å². The first-order chi connectivity index (χ1) is 9.73. The second kappa shape index (κ2) is 7.11. The Labute approximate surface area is 125 Å². The minimum atomic E-state index is -0.864. The fourth-order valence-corrected chi connectivity index (χ4v) is 2.08. The maximum atomic E-state index is 12.0. The summed E-state index contributed by atoms with van der Waals surface area (Å²) in [6.45, 7) is 7.73. The topological polar surface area (TPSA) is 78.4 Å². The van der Waals surface area contributed by atoms with Crippen molar-refractivity contribution in [3.8, 4) is 0 Å². The summed E-state index contributed by atoms with van der Waals surface area (Å²) in [6.07, 6.45) is 1.31. The van der Waals surface area contributed by atoms with Gasteiger partial charge in [0.25, 0.3) is 0 Å². The van der Waals surface area contributed by atoms with Crippen molar-refractivity contribution in [1.29, 1.82) is 0 Å². The van der Waals surface area contributed by atoms with Crippen LogP contribution in [0.1, 0.15) is 44.7 Å². The second-order valence-electron chi connectivity index (χ2n) is 5.85. The number of nitrogens with one attached hydrogen (secondary N) is 2. The fraction of sp³-hybridized carbons (Fsp3) is 0.500. The number of carboxylic acids is 1. The van der Waals surface area contributed by atoms with Gasteiger partial charge in [0.15, 0.2) is 0 Å². The molecule has 0 atom stereocenters. The standard InChI is InChI=1S/C16H24N2O3/c1-5-12-10-13(7-6-11(12)2)17-15(21)18-16(3,4)9-8-14(19)20/h6-7,10H,5,8-9H2,1-4H3,(H,19,20)(H2,17,18,21). The number of carboxylic acid groups (broad SMARTS) is 1. The lowest BCUT2D eigenvalue weighted by molar-refractivity contribution is -0.137. The number of amides is 2. The van der Waals surface area contributed by atoms with Gasteiger partial charge < -0.3 is 15.7 Å². The summed E-state index contributed by atoms with van der Waals surface area (Å²) in [5.74, 6) is -0.864. The maximum Gasteiger partial charge on any atom is 0.319 e.